The molecular formula is C20H22ClF3N2O4. The summed E-state index contributed by atoms with van der Waals surface area (Å²) in [4.78, 5) is 25.7. The Hall–Kier alpha value is -2.16. The molecule has 0 radical (unpaired) electrons. The van der Waals surface area contributed by atoms with E-state index in [2.05, 4.69) is 5.32 Å². The number of carbonyl (C=O) groups excluding carboxylic acids is 2. The first-order valence-electron chi connectivity index (χ1n) is 9.88. The maximum atomic E-state index is 12.7. The number of nitrogens with zero attached hydrogens (tertiary/aromatic N) is 1. The fraction of sp³-hybridized carbons (Fsp3) is 0.600. The van der Waals surface area contributed by atoms with Gasteiger partial charge in [0.05, 0.1) is 22.7 Å². The molecule has 0 atom stereocenters. The number of alkyl carbamates (subject to hydrolysis) is 1. The molecule has 2 saturated heterocycles. The van der Waals surface area contributed by atoms with Crippen molar-refractivity contribution in [2.45, 2.75) is 37.4 Å². The van der Waals surface area contributed by atoms with Crippen LogP contribution in [-0.2, 0) is 15.7 Å². The van der Waals surface area contributed by atoms with Crippen LogP contribution in [0.1, 0.15) is 31.2 Å². The van der Waals surface area contributed by atoms with E-state index in [1.807, 2.05) is 4.90 Å². The van der Waals surface area contributed by atoms with E-state index in [0.29, 0.717) is 39.1 Å². The number of cyclic esters (lactones) is 1. The van der Waals surface area contributed by atoms with Gasteiger partial charge in [-0.3, -0.25) is 4.79 Å². The second-order valence-electron chi connectivity index (χ2n) is 8.31. The standard InChI is InChI=1S/C20H22ClF3N2O4/c21-15-7-14(20(22,23)24)1-2-16(15)29-10-12-3-5-26(6-4-12)17(27)13-8-19(9-13)11-30-18(28)25-19/h1-2,7,12-13H,3-6,8-11H2,(H,25,28). The molecule has 0 aromatic heterocycles. The van der Waals surface area contributed by atoms with Gasteiger partial charge in [-0.15, -0.1) is 0 Å². The van der Waals surface area contributed by atoms with Crippen LogP contribution in [0.5, 0.6) is 5.75 Å². The van der Waals surface area contributed by atoms with Gasteiger partial charge in [0.2, 0.25) is 5.91 Å². The first-order chi connectivity index (χ1) is 14.2. The van der Waals surface area contributed by atoms with E-state index in [4.69, 9.17) is 21.1 Å². The molecule has 1 spiro atoms. The number of benzene rings is 1. The molecule has 2 aliphatic heterocycles. The molecule has 2 heterocycles. The van der Waals surface area contributed by atoms with Crippen LogP contribution < -0.4 is 10.1 Å². The van der Waals surface area contributed by atoms with Gasteiger partial charge in [0, 0.05) is 19.0 Å². The predicted octanol–water partition coefficient (Wildman–Crippen LogP) is 3.86. The lowest BCUT2D eigenvalue weighted by atomic mass is 9.68. The van der Waals surface area contributed by atoms with Crippen LogP contribution in [0.4, 0.5) is 18.0 Å². The summed E-state index contributed by atoms with van der Waals surface area (Å²) in [5, 5.41) is 2.72. The predicted molar refractivity (Wildman–Crippen MR) is 101 cm³/mol. The topological polar surface area (TPSA) is 67.9 Å². The molecule has 1 saturated carbocycles. The molecule has 164 valence electrons. The number of piperidine rings is 1. The summed E-state index contributed by atoms with van der Waals surface area (Å²) in [6.07, 6.45) is -2.16. The second-order valence-corrected chi connectivity index (χ2v) is 8.72. The van der Waals surface area contributed by atoms with E-state index in [1.54, 1.807) is 0 Å². The summed E-state index contributed by atoms with van der Waals surface area (Å²) < 4.78 is 48.7. The van der Waals surface area contributed by atoms with Gasteiger partial charge in [0.25, 0.3) is 0 Å². The van der Waals surface area contributed by atoms with Crippen LogP contribution in [0.15, 0.2) is 18.2 Å². The van der Waals surface area contributed by atoms with Crippen LogP contribution in [0.3, 0.4) is 0 Å². The quantitative estimate of drug-likeness (QED) is 0.762. The van der Waals surface area contributed by atoms with Gasteiger partial charge in [-0.2, -0.15) is 13.2 Å². The normalized spacial score (nSPS) is 26.9. The van der Waals surface area contributed by atoms with Gasteiger partial charge in [0.1, 0.15) is 12.4 Å². The molecule has 3 aliphatic rings. The van der Waals surface area contributed by atoms with Crippen LogP contribution in [0, 0.1) is 11.8 Å². The van der Waals surface area contributed by atoms with Crippen molar-refractivity contribution in [3.63, 3.8) is 0 Å². The zero-order chi connectivity index (χ0) is 21.5. The van der Waals surface area contributed by atoms with Crippen molar-refractivity contribution >= 4 is 23.6 Å². The molecule has 4 rings (SSSR count). The lowest BCUT2D eigenvalue weighted by Crippen LogP contribution is -2.58. The number of ether oxygens (including phenoxy) is 2. The van der Waals surface area contributed by atoms with Gasteiger partial charge in [-0.25, -0.2) is 4.79 Å². The molecule has 0 unspecified atom stereocenters. The van der Waals surface area contributed by atoms with Crippen LogP contribution in [-0.4, -0.2) is 48.7 Å². The lowest BCUT2D eigenvalue weighted by molar-refractivity contribution is -0.142. The maximum absolute atomic E-state index is 12.7. The lowest BCUT2D eigenvalue weighted by Gasteiger charge is -2.44. The number of halogens is 4. The first kappa shape index (κ1) is 21.1. The van der Waals surface area contributed by atoms with Crippen molar-refractivity contribution in [3.05, 3.63) is 28.8 Å². The first-order valence-corrected chi connectivity index (χ1v) is 10.3. The molecule has 1 aromatic carbocycles. The Balaban J connectivity index is 1.22. The van der Waals surface area contributed by atoms with Crippen molar-refractivity contribution in [1.29, 1.82) is 0 Å². The third-order valence-electron chi connectivity index (χ3n) is 6.13. The molecule has 1 aliphatic carbocycles. The van der Waals surface area contributed by atoms with Gasteiger partial charge >= 0.3 is 12.3 Å². The molecule has 1 aromatic rings. The Morgan fingerprint density at radius 3 is 2.57 bits per heavy atom. The van der Waals surface area contributed by atoms with Crippen LogP contribution >= 0.6 is 11.6 Å². The Morgan fingerprint density at radius 2 is 2.00 bits per heavy atom. The van der Waals surface area contributed by atoms with E-state index in [1.165, 1.54) is 6.07 Å². The van der Waals surface area contributed by atoms with Crippen molar-refractivity contribution in [2.24, 2.45) is 11.8 Å². The Bertz CT molecular complexity index is 834. The Kier molecular flexibility index (Phi) is 5.50. The van der Waals surface area contributed by atoms with Gasteiger partial charge in [0.15, 0.2) is 0 Å². The smallest absolute Gasteiger partial charge is 0.416 e. The molecule has 10 heteroatoms. The highest BCUT2D eigenvalue weighted by Crippen LogP contribution is 2.42. The third kappa shape index (κ3) is 4.31. The number of likely N-dealkylation sites (tertiary alicyclic amines) is 1. The van der Waals surface area contributed by atoms with Crippen LogP contribution in [0.2, 0.25) is 5.02 Å². The number of hydrogen-bond acceptors (Lipinski definition) is 4. The summed E-state index contributed by atoms with van der Waals surface area (Å²) in [5.41, 5.74) is -1.18. The number of carbonyl (C=O) groups is 2. The van der Waals surface area contributed by atoms with Gasteiger partial charge < -0.3 is 19.7 Å². The van der Waals surface area contributed by atoms with Crippen LogP contribution in [0.25, 0.3) is 0 Å². The van der Waals surface area contributed by atoms with E-state index in [0.717, 1.165) is 25.0 Å². The minimum Gasteiger partial charge on any atom is -0.492 e. The number of hydrogen-bond donors (Lipinski definition) is 1. The summed E-state index contributed by atoms with van der Waals surface area (Å²) in [5.74, 6) is 0.434. The van der Waals surface area contributed by atoms with Gasteiger partial charge in [-0.05, 0) is 49.8 Å². The Morgan fingerprint density at radius 1 is 1.30 bits per heavy atom. The average Bonchev–Trinajstić information content (AvgIpc) is 3.07. The van der Waals surface area contributed by atoms with E-state index in [9.17, 15) is 22.8 Å². The third-order valence-corrected chi connectivity index (χ3v) is 6.43. The minimum atomic E-state index is -4.45. The molecule has 30 heavy (non-hydrogen) atoms. The zero-order valence-corrected chi connectivity index (χ0v) is 16.9. The second kappa shape index (κ2) is 7.83. The minimum absolute atomic E-state index is 0.0701. The van der Waals surface area contributed by atoms with Crippen molar-refractivity contribution < 1.29 is 32.2 Å². The van der Waals surface area contributed by atoms with E-state index in [-0.39, 0.29) is 34.1 Å². The highest BCUT2D eigenvalue weighted by Gasteiger charge is 2.53. The fourth-order valence-corrected chi connectivity index (χ4v) is 4.59. The number of rotatable bonds is 4. The number of alkyl halides is 3. The highest BCUT2D eigenvalue weighted by molar-refractivity contribution is 6.32. The summed E-state index contributed by atoms with van der Waals surface area (Å²) in [6.45, 7) is 1.88. The summed E-state index contributed by atoms with van der Waals surface area (Å²) in [7, 11) is 0. The van der Waals surface area contributed by atoms with E-state index < -0.39 is 17.8 Å². The highest BCUT2D eigenvalue weighted by atomic mass is 35.5. The molecule has 6 nitrogen and oxygen atoms in total. The maximum Gasteiger partial charge on any atom is 0.416 e. The Labute approximate surface area is 176 Å². The van der Waals surface area contributed by atoms with Gasteiger partial charge in [-0.1, -0.05) is 11.6 Å². The summed E-state index contributed by atoms with van der Waals surface area (Å²) >= 11 is 5.92. The zero-order valence-electron chi connectivity index (χ0n) is 16.1. The SMILES string of the molecule is O=C1NC2(CO1)CC(C(=O)N1CCC(COc3ccc(C(F)(F)F)cc3Cl)CC1)C2. The van der Waals surface area contributed by atoms with Crippen molar-refractivity contribution in [2.75, 3.05) is 26.3 Å². The van der Waals surface area contributed by atoms with E-state index >= 15 is 0 Å². The number of amides is 2. The van der Waals surface area contributed by atoms with Crippen molar-refractivity contribution in [3.8, 4) is 5.75 Å². The average molecular weight is 447 g/mol. The number of nitrogens with one attached hydrogen (secondary N) is 1. The molecule has 0 bridgehead atoms. The molecule has 1 N–H and O–H groups in total. The summed E-state index contributed by atoms with van der Waals surface area (Å²) in [6, 6.07) is 3.05. The molecule has 3 fully saturated rings. The van der Waals surface area contributed by atoms with Crippen molar-refractivity contribution in [1.82, 2.24) is 10.2 Å². The molecular weight excluding hydrogens is 425 g/mol. The largest absolute Gasteiger partial charge is 0.492 e. The fourth-order valence-electron chi connectivity index (χ4n) is 4.35. The monoisotopic (exact) mass is 446 g/mol. The molecule has 2 amide bonds.